The molecule has 3 N–H and O–H groups in total. The molecule has 1 heterocycles. The van der Waals surface area contributed by atoms with E-state index < -0.39 is 10.0 Å². The van der Waals surface area contributed by atoms with Crippen LogP contribution in [0.5, 0.6) is 0 Å². The Hall–Kier alpha value is -2.97. The standard InChI is InChI=1S/C20H21N3O4S/c1-2-14-3-6-16(7-4-14)22-20(25)11-12-21-28(26,27)17-8-9-18-15(13-17)5-10-19(24)23-18/h3-10,13,21H,2,11-12H2,1H3,(H,22,25)(H,23,24). The van der Waals surface area contributed by atoms with Crippen molar-refractivity contribution in [3.05, 3.63) is 70.5 Å². The van der Waals surface area contributed by atoms with Crippen LogP contribution in [0.2, 0.25) is 0 Å². The molecular formula is C20H21N3O4S. The van der Waals surface area contributed by atoms with Crippen molar-refractivity contribution in [3.63, 3.8) is 0 Å². The lowest BCUT2D eigenvalue weighted by molar-refractivity contribution is -0.116. The molecule has 0 radical (unpaired) electrons. The number of hydrogen-bond acceptors (Lipinski definition) is 4. The molecule has 3 aromatic rings. The fourth-order valence-corrected chi connectivity index (χ4v) is 3.80. The summed E-state index contributed by atoms with van der Waals surface area (Å²) in [4.78, 5) is 26.0. The average Bonchev–Trinajstić information content (AvgIpc) is 2.68. The summed E-state index contributed by atoms with van der Waals surface area (Å²) in [6.45, 7) is 2.03. The first-order valence-corrected chi connectivity index (χ1v) is 10.4. The fourth-order valence-electron chi connectivity index (χ4n) is 2.73. The number of benzene rings is 2. The van der Waals surface area contributed by atoms with E-state index in [0.29, 0.717) is 16.6 Å². The molecule has 0 spiro atoms. The van der Waals surface area contributed by atoms with Gasteiger partial charge in [-0.05, 0) is 53.8 Å². The van der Waals surface area contributed by atoms with Crippen molar-refractivity contribution in [3.8, 4) is 0 Å². The summed E-state index contributed by atoms with van der Waals surface area (Å²) in [6, 6.07) is 14.8. The summed E-state index contributed by atoms with van der Waals surface area (Å²) >= 11 is 0. The van der Waals surface area contributed by atoms with E-state index in [1.54, 1.807) is 6.07 Å². The molecule has 2 aromatic carbocycles. The highest BCUT2D eigenvalue weighted by atomic mass is 32.2. The van der Waals surface area contributed by atoms with Crippen LogP contribution in [-0.4, -0.2) is 25.9 Å². The number of aromatic amines is 1. The number of fused-ring (bicyclic) bond motifs is 1. The molecule has 7 nitrogen and oxygen atoms in total. The molecule has 3 rings (SSSR count). The number of nitrogens with one attached hydrogen (secondary N) is 3. The molecular weight excluding hydrogens is 378 g/mol. The van der Waals surface area contributed by atoms with Crippen LogP contribution in [0.4, 0.5) is 5.69 Å². The lowest BCUT2D eigenvalue weighted by Crippen LogP contribution is -2.27. The van der Waals surface area contributed by atoms with Crippen LogP contribution in [0.1, 0.15) is 18.9 Å². The first-order chi connectivity index (χ1) is 13.4. The van der Waals surface area contributed by atoms with Gasteiger partial charge in [0.2, 0.25) is 21.5 Å². The van der Waals surface area contributed by atoms with E-state index >= 15 is 0 Å². The highest BCUT2D eigenvalue weighted by molar-refractivity contribution is 7.89. The number of sulfonamides is 1. The van der Waals surface area contributed by atoms with Gasteiger partial charge in [0.1, 0.15) is 0 Å². The Balaban J connectivity index is 1.59. The third-order valence-electron chi connectivity index (χ3n) is 4.30. The van der Waals surface area contributed by atoms with Crippen molar-refractivity contribution < 1.29 is 13.2 Å². The molecule has 8 heteroatoms. The van der Waals surface area contributed by atoms with Crippen LogP contribution in [-0.2, 0) is 21.2 Å². The summed E-state index contributed by atoms with van der Waals surface area (Å²) < 4.78 is 27.3. The molecule has 0 unspecified atom stereocenters. The van der Waals surface area contributed by atoms with Crippen LogP contribution < -0.4 is 15.6 Å². The zero-order valence-corrected chi connectivity index (χ0v) is 16.2. The van der Waals surface area contributed by atoms with Gasteiger partial charge >= 0.3 is 0 Å². The molecule has 146 valence electrons. The van der Waals surface area contributed by atoms with Gasteiger partial charge < -0.3 is 10.3 Å². The maximum Gasteiger partial charge on any atom is 0.248 e. The van der Waals surface area contributed by atoms with Crippen molar-refractivity contribution in [2.75, 3.05) is 11.9 Å². The van der Waals surface area contributed by atoms with Crippen molar-refractivity contribution in [1.82, 2.24) is 9.71 Å². The predicted molar refractivity (Wildman–Crippen MR) is 109 cm³/mol. The smallest absolute Gasteiger partial charge is 0.248 e. The molecule has 0 saturated carbocycles. The van der Waals surface area contributed by atoms with Crippen molar-refractivity contribution >= 4 is 32.5 Å². The Kier molecular flexibility index (Phi) is 5.91. The number of rotatable bonds is 7. The molecule has 0 saturated heterocycles. The van der Waals surface area contributed by atoms with Crippen LogP contribution in [0.3, 0.4) is 0 Å². The third kappa shape index (κ3) is 4.85. The van der Waals surface area contributed by atoms with E-state index in [2.05, 4.69) is 21.9 Å². The van der Waals surface area contributed by atoms with Gasteiger partial charge in [-0.15, -0.1) is 0 Å². The molecule has 0 fully saturated rings. The maximum atomic E-state index is 12.4. The van der Waals surface area contributed by atoms with Gasteiger partial charge in [-0.1, -0.05) is 19.1 Å². The monoisotopic (exact) mass is 399 g/mol. The Morgan fingerprint density at radius 2 is 1.79 bits per heavy atom. The zero-order chi connectivity index (χ0) is 20.1. The van der Waals surface area contributed by atoms with Gasteiger partial charge in [-0.3, -0.25) is 9.59 Å². The second-order valence-electron chi connectivity index (χ2n) is 6.32. The van der Waals surface area contributed by atoms with E-state index in [1.165, 1.54) is 29.8 Å². The predicted octanol–water partition coefficient (Wildman–Crippen LogP) is 2.40. The number of anilines is 1. The molecule has 0 bridgehead atoms. The molecule has 0 aliphatic carbocycles. The van der Waals surface area contributed by atoms with Gasteiger partial charge in [-0.2, -0.15) is 0 Å². The second kappa shape index (κ2) is 8.37. The van der Waals surface area contributed by atoms with Crippen molar-refractivity contribution in [1.29, 1.82) is 0 Å². The molecule has 28 heavy (non-hydrogen) atoms. The summed E-state index contributed by atoms with van der Waals surface area (Å²) in [5.41, 5.74) is 2.15. The third-order valence-corrected chi connectivity index (χ3v) is 5.75. The SMILES string of the molecule is CCc1ccc(NC(=O)CCNS(=O)(=O)c2ccc3[nH]c(=O)ccc3c2)cc1. The first kappa shape index (κ1) is 19.8. The minimum absolute atomic E-state index is 0.00958. The van der Waals surface area contributed by atoms with E-state index in [1.807, 2.05) is 24.3 Å². The van der Waals surface area contributed by atoms with Crippen LogP contribution in [0.25, 0.3) is 10.9 Å². The molecule has 1 aromatic heterocycles. The van der Waals surface area contributed by atoms with Gasteiger partial charge in [0.05, 0.1) is 4.90 Å². The lowest BCUT2D eigenvalue weighted by Gasteiger charge is -2.09. The lowest BCUT2D eigenvalue weighted by atomic mass is 10.1. The van der Waals surface area contributed by atoms with E-state index in [4.69, 9.17) is 0 Å². The number of aryl methyl sites for hydroxylation is 1. The number of aromatic nitrogens is 1. The highest BCUT2D eigenvalue weighted by Crippen LogP contribution is 2.16. The van der Waals surface area contributed by atoms with Gasteiger partial charge in [-0.25, -0.2) is 13.1 Å². The van der Waals surface area contributed by atoms with E-state index in [-0.39, 0.29) is 29.3 Å². The number of H-pyrrole nitrogens is 1. The quantitative estimate of drug-likeness (QED) is 0.567. The summed E-state index contributed by atoms with van der Waals surface area (Å²) in [6.07, 6.45) is 0.927. The number of pyridine rings is 1. The highest BCUT2D eigenvalue weighted by Gasteiger charge is 2.15. The Morgan fingerprint density at radius 1 is 1.04 bits per heavy atom. The number of amides is 1. The first-order valence-electron chi connectivity index (χ1n) is 8.89. The van der Waals surface area contributed by atoms with Crippen molar-refractivity contribution in [2.24, 2.45) is 0 Å². The van der Waals surface area contributed by atoms with Gasteiger partial charge in [0.25, 0.3) is 0 Å². The molecule has 0 aliphatic rings. The largest absolute Gasteiger partial charge is 0.326 e. The van der Waals surface area contributed by atoms with Crippen LogP contribution in [0.15, 0.2) is 64.3 Å². The topological polar surface area (TPSA) is 108 Å². The zero-order valence-electron chi connectivity index (χ0n) is 15.4. The van der Waals surface area contributed by atoms with Crippen LogP contribution in [0, 0.1) is 0 Å². The fraction of sp³-hybridized carbons (Fsp3) is 0.200. The Morgan fingerprint density at radius 3 is 2.50 bits per heavy atom. The summed E-state index contributed by atoms with van der Waals surface area (Å²) in [5.74, 6) is -0.275. The minimum Gasteiger partial charge on any atom is -0.326 e. The average molecular weight is 399 g/mol. The molecule has 0 atom stereocenters. The summed E-state index contributed by atoms with van der Waals surface area (Å²) in [7, 11) is -3.76. The minimum atomic E-state index is -3.76. The molecule has 1 amide bonds. The van der Waals surface area contributed by atoms with Gasteiger partial charge in [0, 0.05) is 30.2 Å². The second-order valence-corrected chi connectivity index (χ2v) is 8.09. The van der Waals surface area contributed by atoms with Crippen LogP contribution >= 0.6 is 0 Å². The van der Waals surface area contributed by atoms with Crippen molar-refractivity contribution in [2.45, 2.75) is 24.7 Å². The normalized spacial score (nSPS) is 11.5. The number of carbonyl (C=O) groups excluding carboxylic acids is 1. The van der Waals surface area contributed by atoms with Gasteiger partial charge in [0.15, 0.2) is 0 Å². The van der Waals surface area contributed by atoms with E-state index in [0.717, 1.165) is 6.42 Å². The number of hydrogen-bond donors (Lipinski definition) is 3. The molecule has 0 aliphatic heterocycles. The number of carbonyl (C=O) groups is 1. The van der Waals surface area contributed by atoms with E-state index in [9.17, 15) is 18.0 Å². The summed E-state index contributed by atoms with van der Waals surface area (Å²) in [5, 5.41) is 3.35. The Bertz CT molecular complexity index is 1150. The Labute approximate surface area is 162 Å². The maximum absolute atomic E-state index is 12.4.